The van der Waals surface area contributed by atoms with E-state index in [2.05, 4.69) is 20.4 Å². The minimum atomic E-state index is -0.204. The summed E-state index contributed by atoms with van der Waals surface area (Å²) in [6, 6.07) is 18.3. The predicted octanol–water partition coefficient (Wildman–Crippen LogP) is 4.76. The van der Waals surface area contributed by atoms with Crippen LogP contribution in [-0.4, -0.2) is 27.1 Å². The van der Waals surface area contributed by atoms with Crippen molar-refractivity contribution in [2.45, 2.75) is 26.4 Å². The van der Waals surface area contributed by atoms with E-state index in [9.17, 15) is 4.79 Å². The zero-order valence-corrected chi connectivity index (χ0v) is 17.3. The van der Waals surface area contributed by atoms with Gasteiger partial charge in [0, 0.05) is 29.2 Å². The second kappa shape index (κ2) is 9.21. The third-order valence-electron chi connectivity index (χ3n) is 4.48. The lowest BCUT2D eigenvalue weighted by molar-refractivity contribution is 0.102. The molecule has 4 aromatic rings. The molecule has 2 aromatic heterocycles. The quantitative estimate of drug-likeness (QED) is 0.469. The normalized spacial score (nSPS) is 10.8. The van der Waals surface area contributed by atoms with Crippen LogP contribution < -0.4 is 10.1 Å². The molecule has 0 radical (unpaired) electrons. The van der Waals surface area contributed by atoms with Crippen LogP contribution >= 0.6 is 0 Å². The first kappa shape index (κ1) is 20.3. The molecule has 0 spiro atoms. The van der Waals surface area contributed by atoms with Crippen LogP contribution in [0.1, 0.15) is 35.7 Å². The average molecular weight is 414 g/mol. The molecule has 0 saturated carbocycles. The fourth-order valence-corrected chi connectivity index (χ4v) is 3.05. The number of nitrogens with one attached hydrogen (secondary N) is 1. The smallest absolute Gasteiger partial charge is 0.255 e. The molecule has 31 heavy (non-hydrogen) atoms. The van der Waals surface area contributed by atoms with E-state index in [0.717, 1.165) is 16.9 Å². The van der Waals surface area contributed by atoms with Gasteiger partial charge in [0.05, 0.1) is 12.5 Å². The Morgan fingerprint density at radius 3 is 2.61 bits per heavy atom. The maximum atomic E-state index is 12.7. The van der Waals surface area contributed by atoms with Crippen LogP contribution in [0.4, 0.5) is 5.69 Å². The third-order valence-corrected chi connectivity index (χ3v) is 4.48. The highest BCUT2D eigenvalue weighted by Gasteiger charge is 2.14. The van der Waals surface area contributed by atoms with Crippen LogP contribution in [-0.2, 0) is 6.42 Å². The highest BCUT2D eigenvalue weighted by atomic mass is 16.5. The summed E-state index contributed by atoms with van der Waals surface area (Å²) >= 11 is 0. The number of aromatic nitrogens is 3. The van der Waals surface area contributed by atoms with Gasteiger partial charge in [0.25, 0.3) is 5.91 Å². The van der Waals surface area contributed by atoms with E-state index in [0.29, 0.717) is 29.4 Å². The van der Waals surface area contributed by atoms with Crippen molar-refractivity contribution in [3.63, 3.8) is 0 Å². The van der Waals surface area contributed by atoms with Crippen LogP contribution in [0, 0.1) is 0 Å². The number of anilines is 1. The van der Waals surface area contributed by atoms with Gasteiger partial charge in [0.2, 0.25) is 11.7 Å². The van der Waals surface area contributed by atoms with Crippen LogP contribution in [0.15, 0.2) is 77.6 Å². The number of hydrogen-bond donors (Lipinski definition) is 1. The molecule has 2 aromatic carbocycles. The van der Waals surface area contributed by atoms with E-state index in [1.807, 2.05) is 50.2 Å². The molecule has 0 aliphatic heterocycles. The Kier molecular flexibility index (Phi) is 6.03. The number of nitrogens with zero attached hydrogens (tertiary/aromatic N) is 3. The number of hydrogen-bond acceptors (Lipinski definition) is 6. The number of carbonyl (C=O) groups is 1. The summed E-state index contributed by atoms with van der Waals surface area (Å²) in [5.74, 6) is 1.46. The Hall–Kier alpha value is -4.00. The number of para-hydroxylation sites is 1. The Morgan fingerprint density at radius 1 is 1.06 bits per heavy atom. The maximum Gasteiger partial charge on any atom is 0.255 e. The highest BCUT2D eigenvalue weighted by Crippen LogP contribution is 2.22. The number of ether oxygens (including phenoxy) is 1. The molecule has 0 aliphatic rings. The van der Waals surface area contributed by atoms with Gasteiger partial charge in [-0.2, -0.15) is 4.98 Å². The molecular weight excluding hydrogens is 392 g/mol. The van der Waals surface area contributed by atoms with Gasteiger partial charge in [-0.1, -0.05) is 23.4 Å². The second-order valence-electron chi connectivity index (χ2n) is 7.23. The molecular formula is C24H22N4O3. The maximum absolute atomic E-state index is 12.7. The van der Waals surface area contributed by atoms with Crippen molar-refractivity contribution in [1.82, 2.24) is 15.1 Å². The Morgan fingerprint density at radius 2 is 1.87 bits per heavy atom. The standard InChI is InChI=1S/C24H22N4O3/c1-16(2)30-20-11-9-17(10-12-20)24(29)26-21-8-4-3-6-18(21)14-22-27-23(28-31-22)19-7-5-13-25-15-19/h3-13,15-16H,14H2,1-2H3,(H,26,29). The molecule has 156 valence electrons. The zero-order chi connectivity index (χ0) is 21.6. The Labute approximate surface area is 180 Å². The van der Waals surface area contributed by atoms with Crippen LogP contribution in [0.2, 0.25) is 0 Å². The molecule has 7 nitrogen and oxygen atoms in total. The summed E-state index contributed by atoms with van der Waals surface area (Å²) < 4.78 is 11.0. The van der Waals surface area contributed by atoms with Crippen molar-refractivity contribution in [3.8, 4) is 17.1 Å². The van der Waals surface area contributed by atoms with E-state index >= 15 is 0 Å². The monoisotopic (exact) mass is 414 g/mol. The number of amides is 1. The van der Waals surface area contributed by atoms with Crippen LogP contribution in [0.3, 0.4) is 0 Å². The SMILES string of the molecule is CC(C)Oc1ccc(C(=O)Nc2ccccc2Cc2nc(-c3cccnc3)no2)cc1. The number of benzene rings is 2. The van der Waals surface area contributed by atoms with Gasteiger partial charge >= 0.3 is 0 Å². The number of rotatable bonds is 7. The first-order chi connectivity index (χ1) is 15.1. The van der Waals surface area contributed by atoms with E-state index in [1.54, 1.807) is 36.7 Å². The summed E-state index contributed by atoms with van der Waals surface area (Å²) in [6.07, 6.45) is 3.84. The van der Waals surface area contributed by atoms with E-state index in [4.69, 9.17) is 9.26 Å². The lowest BCUT2D eigenvalue weighted by Crippen LogP contribution is -2.13. The summed E-state index contributed by atoms with van der Waals surface area (Å²) in [7, 11) is 0. The van der Waals surface area contributed by atoms with Crippen molar-refractivity contribution in [2.24, 2.45) is 0 Å². The van der Waals surface area contributed by atoms with Crippen LogP contribution in [0.25, 0.3) is 11.4 Å². The van der Waals surface area contributed by atoms with Gasteiger partial charge in [0.1, 0.15) is 5.75 Å². The van der Waals surface area contributed by atoms with Gasteiger partial charge in [0.15, 0.2) is 0 Å². The Balaban J connectivity index is 1.47. The lowest BCUT2D eigenvalue weighted by atomic mass is 10.1. The van der Waals surface area contributed by atoms with Crippen molar-refractivity contribution in [2.75, 3.05) is 5.32 Å². The van der Waals surface area contributed by atoms with E-state index in [-0.39, 0.29) is 12.0 Å². The fraction of sp³-hybridized carbons (Fsp3) is 0.167. The molecule has 0 atom stereocenters. The highest BCUT2D eigenvalue weighted by molar-refractivity contribution is 6.04. The summed E-state index contributed by atoms with van der Waals surface area (Å²) in [6.45, 7) is 3.92. The molecule has 4 rings (SSSR count). The minimum Gasteiger partial charge on any atom is -0.491 e. The molecule has 1 amide bonds. The molecule has 0 fully saturated rings. The molecule has 7 heteroatoms. The summed E-state index contributed by atoms with van der Waals surface area (Å²) in [4.78, 5) is 21.2. The fourth-order valence-electron chi connectivity index (χ4n) is 3.05. The van der Waals surface area contributed by atoms with Crippen LogP contribution in [0.5, 0.6) is 5.75 Å². The van der Waals surface area contributed by atoms with Crippen molar-refractivity contribution < 1.29 is 14.1 Å². The third kappa shape index (κ3) is 5.14. The van der Waals surface area contributed by atoms with Gasteiger partial charge in [-0.3, -0.25) is 9.78 Å². The topological polar surface area (TPSA) is 90.1 Å². The summed E-state index contributed by atoms with van der Waals surface area (Å²) in [5, 5.41) is 6.99. The summed E-state index contributed by atoms with van der Waals surface area (Å²) in [5.41, 5.74) is 2.89. The predicted molar refractivity (Wildman–Crippen MR) is 117 cm³/mol. The number of carbonyl (C=O) groups excluding carboxylic acids is 1. The lowest BCUT2D eigenvalue weighted by Gasteiger charge is -2.12. The van der Waals surface area contributed by atoms with Crippen molar-refractivity contribution in [3.05, 3.63) is 90.1 Å². The molecule has 1 N–H and O–H groups in total. The van der Waals surface area contributed by atoms with Gasteiger partial charge in [-0.25, -0.2) is 0 Å². The second-order valence-corrected chi connectivity index (χ2v) is 7.23. The van der Waals surface area contributed by atoms with E-state index < -0.39 is 0 Å². The van der Waals surface area contributed by atoms with E-state index in [1.165, 1.54) is 0 Å². The molecule has 0 saturated heterocycles. The Bertz CT molecular complexity index is 1150. The first-order valence-electron chi connectivity index (χ1n) is 9.97. The molecule has 2 heterocycles. The average Bonchev–Trinajstić information content (AvgIpc) is 3.24. The van der Waals surface area contributed by atoms with Gasteiger partial charge < -0.3 is 14.6 Å². The molecule has 0 bridgehead atoms. The first-order valence-corrected chi connectivity index (χ1v) is 9.97. The molecule has 0 aliphatic carbocycles. The van der Waals surface area contributed by atoms with Gasteiger partial charge in [-0.05, 0) is 61.9 Å². The van der Waals surface area contributed by atoms with Crippen molar-refractivity contribution >= 4 is 11.6 Å². The largest absolute Gasteiger partial charge is 0.491 e. The minimum absolute atomic E-state index is 0.0786. The van der Waals surface area contributed by atoms with Crippen molar-refractivity contribution in [1.29, 1.82) is 0 Å². The number of pyridine rings is 1. The zero-order valence-electron chi connectivity index (χ0n) is 17.3. The van der Waals surface area contributed by atoms with Gasteiger partial charge in [-0.15, -0.1) is 0 Å². The molecule has 0 unspecified atom stereocenters.